The molecule has 2 aliphatic heterocycles. The molecule has 1 N–H and O–H groups in total. The van der Waals surface area contributed by atoms with Gasteiger partial charge in [0.15, 0.2) is 0 Å². The summed E-state index contributed by atoms with van der Waals surface area (Å²) in [6.45, 7) is 9.05. The quantitative estimate of drug-likeness (QED) is 0.824. The van der Waals surface area contributed by atoms with Gasteiger partial charge in [-0.1, -0.05) is 43.4 Å². The van der Waals surface area contributed by atoms with E-state index in [9.17, 15) is 4.79 Å². The lowest BCUT2D eigenvalue weighted by Gasteiger charge is -2.35. The fraction of sp³-hybridized carbons (Fsp3) is 0.522. The molecule has 3 aliphatic rings. The number of rotatable bonds is 6. The van der Waals surface area contributed by atoms with Crippen LogP contribution in [0.1, 0.15) is 31.5 Å². The Morgan fingerprint density at radius 3 is 2.54 bits per heavy atom. The van der Waals surface area contributed by atoms with Crippen LogP contribution in [0.4, 0.5) is 5.69 Å². The third-order valence-corrected chi connectivity index (χ3v) is 6.28. The molecule has 2 saturated heterocycles. The summed E-state index contributed by atoms with van der Waals surface area (Å²) >= 11 is 0. The van der Waals surface area contributed by atoms with Crippen molar-refractivity contribution >= 4 is 11.6 Å². The van der Waals surface area contributed by atoms with Crippen LogP contribution in [0.2, 0.25) is 0 Å². The van der Waals surface area contributed by atoms with Crippen LogP contribution in [0.3, 0.4) is 0 Å². The summed E-state index contributed by atoms with van der Waals surface area (Å²) in [5, 5.41) is 3.40. The summed E-state index contributed by atoms with van der Waals surface area (Å²) < 4.78 is 0. The minimum atomic E-state index is 0.00148. The molecule has 5 nitrogen and oxygen atoms in total. The number of allylic oxidation sites excluding steroid dienone is 4. The molecule has 0 saturated carbocycles. The predicted molar refractivity (Wildman–Crippen MR) is 114 cm³/mol. The molecule has 1 amide bonds. The Morgan fingerprint density at radius 1 is 1.07 bits per heavy atom. The Morgan fingerprint density at radius 2 is 1.86 bits per heavy atom. The normalized spacial score (nSPS) is 25.7. The summed E-state index contributed by atoms with van der Waals surface area (Å²) in [5.74, 6) is 0.753. The highest BCUT2D eigenvalue weighted by atomic mass is 16.2. The Hall–Kier alpha value is -2.11. The van der Waals surface area contributed by atoms with Crippen molar-refractivity contribution in [1.29, 1.82) is 0 Å². The average molecular weight is 381 g/mol. The third kappa shape index (κ3) is 4.31. The molecule has 0 aromatic heterocycles. The van der Waals surface area contributed by atoms with Crippen LogP contribution in [0.25, 0.3) is 0 Å². The van der Waals surface area contributed by atoms with Gasteiger partial charge in [0, 0.05) is 38.4 Å². The van der Waals surface area contributed by atoms with Gasteiger partial charge < -0.3 is 14.7 Å². The molecule has 0 bridgehead atoms. The van der Waals surface area contributed by atoms with Gasteiger partial charge >= 0.3 is 0 Å². The van der Waals surface area contributed by atoms with Gasteiger partial charge in [-0.15, -0.1) is 0 Å². The number of likely N-dealkylation sites (N-methyl/N-ethyl adjacent to an activating group) is 1. The van der Waals surface area contributed by atoms with E-state index in [0.29, 0.717) is 12.5 Å². The van der Waals surface area contributed by atoms with Gasteiger partial charge in [0.1, 0.15) is 6.17 Å². The van der Waals surface area contributed by atoms with Crippen molar-refractivity contribution in [3.8, 4) is 0 Å². The number of piperazine rings is 1. The van der Waals surface area contributed by atoms with Crippen molar-refractivity contribution in [1.82, 2.24) is 15.1 Å². The zero-order chi connectivity index (χ0) is 19.3. The van der Waals surface area contributed by atoms with Crippen LogP contribution in [0.15, 0.2) is 48.6 Å². The fourth-order valence-electron chi connectivity index (χ4n) is 4.43. The lowest BCUT2D eigenvalue weighted by molar-refractivity contribution is -0.128. The van der Waals surface area contributed by atoms with E-state index in [1.807, 2.05) is 4.90 Å². The van der Waals surface area contributed by atoms with Crippen LogP contribution < -0.4 is 10.2 Å². The summed E-state index contributed by atoms with van der Waals surface area (Å²) in [4.78, 5) is 19.4. The number of nitrogens with zero attached hydrogens (tertiary/aromatic N) is 3. The second-order valence-electron chi connectivity index (χ2n) is 7.98. The maximum atomic E-state index is 12.4. The van der Waals surface area contributed by atoms with E-state index in [2.05, 4.69) is 70.6 Å². The van der Waals surface area contributed by atoms with Crippen molar-refractivity contribution < 1.29 is 4.79 Å². The monoisotopic (exact) mass is 380 g/mol. The van der Waals surface area contributed by atoms with Crippen LogP contribution in [0, 0.1) is 5.92 Å². The second-order valence-corrected chi connectivity index (χ2v) is 7.98. The molecule has 4 rings (SSSR count). The number of amides is 1. The van der Waals surface area contributed by atoms with Gasteiger partial charge in [-0.05, 0) is 43.0 Å². The first-order chi connectivity index (χ1) is 13.7. The molecule has 0 spiro atoms. The number of hydrogen-bond acceptors (Lipinski definition) is 4. The second kappa shape index (κ2) is 8.93. The number of benzene rings is 1. The highest BCUT2D eigenvalue weighted by molar-refractivity contribution is 5.81. The van der Waals surface area contributed by atoms with E-state index in [4.69, 9.17) is 0 Å². The minimum Gasteiger partial charge on any atom is -0.369 e. The molecule has 2 unspecified atom stereocenters. The summed E-state index contributed by atoms with van der Waals surface area (Å²) in [6.07, 6.45) is 10.8. The van der Waals surface area contributed by atoms with E-state index >= 15 is 0 Å². The van der Waals surface area contributed by atoms with Crippen molar-refractivity contribution in [3.05, 3.63) is 54.1 Å². The molecule has 2 atom stereocenters. The number of carbonyl (C=O) groups excluding carboxylic acids is 1. The lowest BCUT2D eigenvalue weighted by Crippen LogP contribution is -2.46. The van der Waals surface area contributed by atoms with Crippen molar-refractivity contribution in [2.24, 2.45) is 5.92 Å². The Kier molecular flexibility index (Phi) is 6.13. The Labute approximate surface area is 168 Å². The van der Waals surface area contributed by atoms with Crippen LogP contribution in [0.5, 0.6) is 0 Å². The molecular formula is C23H32N4O. The smallest absolute Gasteiger partial charge is 0.238 e. The highest BCUT2D eigenvalue weighted by Gasteiger charge is 2.31. The SMILES string of the molecule is CCN1CCN(c2ccc(C3NCC(=O)N3CCC3C=CC=CC3)cc2)CC1. The molecule has 0 radical (unpaired) electrons. The zero-order valence-corrected chi connectivity index (χ0v) is 16.9. The van der Waals surface area contributed by atoms with Crippen LogP contribution in [-0.2, 0) is 4.79 Å². The first-order valence-electron chi connectivity index (χ1n) is 10.7. The van der Waals surface area contributed by atoms with E-state index in [0.717, 1.165) is 52.1 Å². The first-order valence-corrected chi connectivity index (χ1v) is 10.7. The molecule has 1 aliphatic carbocycles. The minimum absolute atomic E-state index is 0.00148. The fourth-order valence-corrected chi connectivity index (χ4v) is 4.43. The van der Waals surface area contributed by atoms with E-state index in [1.165, 1.54) is 11.3 Å². The van der Waals surface area contributed by atoms with Crippen molar-refractivity contribution in [3.63, 3.8) is 0 Å². The highest BCUT2D eigenvalue weighted by Crippen LogP contribution is 2.27. The summed E-state index contributed by atoms with van der Waals surface area (Å²) in [6, 6.07) is 8.81. The molecule has 5 heteroatoms. The maximum Gasteiger partial charge on any atom is 0.238 e. The summed E-state index contributed by atoms with van der Waals surface area (Å²) in [7, 11) is 0. The maximum absolute atomic E-state index is 12.4. The molecule has 1 aromatic rings. The number of carbonyl (C=O) groups is 1. The van der Waals surface area contributed by atoms with Crippen molar-refractivity contribution in [2.45, 2.75) is 25.9 Å². The zero-order valence-electron chi connectivity index (χ0n) is 16.9. The summed E-state index contributed by atoms with van der Waals surface area (Å²) in [5.41, 5.74) is 2.47. The van der Waals surface area contributed by atoms with Gasteiger partial charge in [0.2, 0.25) is 5.91 Å². The predicted octanol–water partition coefficient (Wildman–Crippen LogP) is 2.78. The van der Waals surface area contributed by atoms with Gasteiger partial charge in [0.05, 0.1) is 6.54 Å². The topological polar surface area (TPSA) is 38.8 Å². The molecule has 2 fully saturated rings. The lowest BCUT2D eigenvalue weighted by atomic mass is 9.97. The van der Waals surface area contributed by atoms with E-state index in [1.54, 1.807) is 0 Å². The van der Waals surface area contributed by atoms with E-state index in [-0.39, 0.29) is 12.1 Å². The molecule has 1 aromatic carbocycles. The Bertz CT molecular complexity index is 719. The van der Waals surface area contributed by atoms with E-state index < -0.39 is 0 Å². The standard InChI is InChI=1S/C23H32N4O/c1-2-25-14-16-26(17-15-25)21-10-8-20(9-11-21)23-24-18-22(28)27(23)13-12-19-6-4-3-5-7-19/h3-6,8-11,19,23-24H,2,7,12-18H2,1H3. The van der Waals surface area contributed by atoms with Crippen LogP contribution in [-0.4, -0.2) is 61.5 Å². The number of anilines is 1. The first kappa shape index (κ1) is 19.2. The van der Waals surface area contributed by atoms with Crippen molar-refractivity contribution in [2.75, 3.05) is 50.7 Å². The number of nitrogens with one attached hydrogen (secondary N) is 1. The van der Waals surface area contributed by atoms with Gasteiger partial charge in [-0.2, -0.15) is 0 Å². The van der Waals surface area contributed by atoms with Gasteiger partial charge in [-0.25, -0.2) is 0 Å². The largest absolute Gasteiger partial charge is 0.369 e. The molecule has 28 heavy (non-hydrogen) atoms. The molecule has 2 heterocycles. The van der Waals surface area contributed by atoms with Gasteiger partial charge in [0.25, 0.3) is 0 Å². The Balaban J connectivity index is 1.37. The third-order valence-electron chi connectivity index (χ3n) is 6.28. The number of hydrogen-bond donors (Lipinski definition) is 1. The molecule has 150 valence electrons. The molecular weight excluding hydrogens is 348 g/mol. The van der Waals surface area contributed by atoms with Gasteiger partial charge in [-0.3, -0.25) is 10.1 Å². The van der Waals surface area contributed by atoms with Crippen LogP contribution >= 0.6 is 0 Å². The average Bonchev–Trinajstić information content (AvgIpc) is 3.13.